The number of rotatable bonds is 16. The van der Waals surface area contributed by atoms with Gasteiger partial charge in [0.25, 0.3) is 0 Å². The topological polar surface area (TPSA) is 96.3 Å². The van der Waals surface area contributed by atoms with Crippen LogP contribution in [0.3, 0.4) is 0 Å². The molecule has 0 atom stereocenters. The second-order valence-electron chi connectivity index (χ2n) is 12.2. The summed E-state index contributed by atoms with van der Waals surface area (Å²) in [5.41, 5.74) is 4.10. The Hall–Kier alpha value is -3.64. The quantitative estimate of drug-likeness (QED) is 0.0882. The van der Waals surface area contributed by atoms with E-state index in [1.165, 1.54) is 0 Å². The van der Waals surface area contributed by atoms with Gasteiger partial charge in [0, 0.05) is 73.5 Å². The van der Waals surface area contributed by atoms with Gasteiger partial charge in [-0.2, -0.15) is 0 Å². The van der Waals surface area contributed by atoms with Crippen LogP contribution in [0.25, 0.3) is 10.9 Å². The fourth-order valence-electron chi connectivity index (χ4n) is 6.35. The van der Waals surface area contributed by atoms with Crippen molar-refractivity contribution in [3.05, 3.63) is 120 Å². The maximum absolute atomic E-state index is 14.0. The van der Waals surface area contributed by atoms with Gasteiger partial charge in [-0.3, -0.25) is 9.69 Å². The summed E-state index contributed by atoms with van der Waals surface area (Å²) in [6.45, 7) is 5.98. The number of carbonyl (C=O) groups excluding carboxylic acids is 2. The fourth-order valence-corrected chi connectivity index (χ4v) is 6.35. The maximum Gasteiger partial charge on any atom is 1.00 e. The SMILES string of the molecule is COc1ccccc1N1CCN(CCCOc2cc(C(=O)c3cn(CCCC(=O)[O-])c4ccccc34)ccc2OCc2ccccc2)CC1.[K+]. The first kappa shape index (κ1) is 37.6. The molecular weight excluding hydrogens is 658 g/mol. The first-order chi connectivity index (χ1) is 24.0. The Morgan fingerprint density at radius 2 is 1.50 bits per heavy atom. The van der Waals surface area contributed by atoms with Crippen LogP contribution in [-0.2, 0) is 17.9 Å². The van der Waals surface area contributed by atoms with E-state index in [-0.39, 0.29) is 63.6 Å². The van der Waals surface area contributed by atoms with Crippen LogP contribution in [0.1, 0.15) is 40.7 Å². The van der Waals surface area contributed by atoms with Gasteiger partial charge in [0.2, 0.25) is 0 Å². The molecule has 4 aromatic carbocycles. The fraction of sp³-hybridized carbons (Fsp3) is 0.300. The Balaban J connectivity index is 0.00000486. The molecule has 9 nitrogen and oxygen atoms in total. The number of fused-ring (bicyclic) bond motifs is 1. The van der Waals surface area contributed by atoms with Crippen molar-refractivity contribution < 1.29 is 80.3 Å². The summed E-state index contributed by atoms with van der Waals surface area (Å²) in [6, 6.07) is 31.1. The van der Waals surface area contributed by atoms with Gasteiger partial charge in [0.15, 0.2) is 17.3 Å². The van der Waals surface area contributed by atoms with Crippen molar-refractivity contribution in [3.8, 4) is 17.2 Å². The van der Waals surface area contributed by atoms with Crippen LogP contribution >= 0.6 is 0 Å². The Morgan fingerprint density at radius 3 is 2.28 bits per heavy atom. The van der Waals surface area contributed by atoms with Crippen LogP contribution in [0.15, 0.2) is 103 Å². The largest absolute Gasteiger partial charge is 1.00 e. The first-order valence-corrected chi connectivity index (χ1v) is 16.9. The average Bonchev–Trinajstić information content (AvgIpc) is 3.51. The average molecular weight is 700 g/mol. The summed E-state index contributed by atoms with van der Waals surface area (Å²) < 4.78 is 20.0. The van der Waals surface area contributed by atoms with E-state index in [9.17, 15) is 14.7 Å². The molecule has 1 saturated heterocycles. The van der Waals surface area contributed by atoms with Gasteiger partial charge in [-0.05, 0) is 61.2 Å². The number of aryl methyl sites for hydroxylation is 1. The third-order valence-corrected chi connectivity index (χ3v) is 8.93. The van der Waals surface area contributed by atoms with Crippen molar-refractivity contribution in [2.75, 3.05) is 51.3 Å². The first-order valence-electron chi connectivity index (χ1n) is 16.9. The molecule has 1 aliphatic rings. The Morgan fingerprint density at radius 1 is 0.760 bits per heavy atom. The van der Waals surface area contributed by atoms with E-state index in [1.54, 1.807) is 19.2 Å². The van der Waals surface area contributed by atoms with E-state index in [2.05, 4.69) is 15.9 Å². The number of ketones is 1. The number of ether oxygens (including phenoxy) is 3. The molecule has 2 heterocycles. The van der Waals surface area contributed by atoms with E-state index in [1.807, 2.05) is 89.6 Å². The minimum atomic E-state index is -1.08. The number of benzene rings is 4. The zero-order chi connectivity index (χ0) is 34.0. The molecule has 0 spiro atoms. The van der Waals surface area contributed by atoms with E-state index in [0.717, 1.165) is 67.0 Å². The summed E-state index contributed by atoms with van der Waals surface area (Å²) in [5, 5.41) is 11.8. The molecule has 6 rings (SSSR count). The van der Waals surface area contributed by atoms with Crippen molar-refractivity contribution in [1.82, 2.24) is 9.47 Å². The summed E-state index contributed by atoms with van der Waals surface area (Å²) in [5.74, 6) is 0.786. The van der Waals surface area contributed by atoms with Crippen LogP contribution in [0, 0.1) is 0 Å². The monoisotopic (exact) mass is 699 g/mol. The van der Waals surface area contributed by atoms with Gasteiger partial charge >= 0.3 is 51.4 Å². The molecule has 1 fully saturated rings. The van der Waals surface area contributed by atoms with E-state index >= 15 is 0 Å². The molecule has 0 radical (unpaired) electrons. The molecule has 0 saturated carbocycles. The van der Waals surface area contributed by atoms with Gasteiger partial charge in [-0.25, -0.2) is 0 Å². The number of carboxylic acids is 1. The third kappa shape index (κ3) is 9.57. The number of piperazine rings is 1. The Labute approximate surface area is 336 Å². The Bertz CT molecular complexity index is 1870. The molecule has 0 amide bonds. The molecule has 0 N–H and O–H groups in total. The number of aromatic nitrogens is 1. The van der Waals surface area contributed by atoms with Crippen molar-refractivity contribution in [1.29, 1.82) is 0 Å². The maximum atomic E-state index is 14.0. The molecule has 10 heteroatoms. The minimum absolute atomic E-state index is 0. The molecule has 254 valence electrons. The zero-order valence-electron chi connectivity index (χ0n) is 28.9. The van der Waals surface area contributed by atoms with Crippen molar-refractivity contribution in [2.45, 2.75) is 32.4 Å². The predicted molar refractivity (Wildman–Crippen MR) is 189 cm³/mol. The number of para-hydroxylation sites is 3. The molecule has 5 aromatic rings. The van der Waals surface area contributed by atoms with Crippen LogP contribution < -0.4 is 75.6 Å². The van der Waals surface area contributed by atoms with Gasteiger partial charge in [0.05, 0.1) is 19.4 Å². The molecule has 0 bridgehead atoms. The van der Waals surface area contributed by atoms with Crippen LogP contribution in [0.4, 0.5) is 5.69 Å². The normalized spacial score (nSPS) is 13.1. The molecule has 1 aromatic heterocycles. The predicted octanol–water partition coefficient (Wildman–Crippen LogP) is 2.59. The van der Waals surface area contributed by atoms with Gasteiger partial charge < -0.3 is 33.6 Å². The summed E-state index contributed by atoms with van der Waals surface area (Å²) in [6.07, 6.45) is 3.01. The minimum Gasteiger partial charge on any atom is -0.550 e. The van der Waals surface area contributed by atoms with Crippen molar-refractivity contribution in [2.24, 2.45) is 0 Å². The van der Waals surface area contributed by atoms with Crippen LogP contribution in [-0.4, -0.2) is 67.7 Å². The number of carbonyl (C=O) groups is 2. The van der Waals surface area contributed by atoms with Gasteiger partial charge in [-0.15, -0.1) is 0 Å². The molecule has 1 aliphatic heterocycles. The molecule has 50 heavy (non-hydrogen) atoms. The number of hydrogen-bond acceptors (Lipinski definition) is 8. The van der Waals surface area contributed by atoms with E-state index in [4.69, 9.17) is 14.2 Å². The molecular formula is C40H42KN3O6. The smallest absolute Gasteiger partial charge is 0.550 e. The zero-order valence-corrected chi connectivity index (χ0v) is 32.0. The third-order valence-electron chi connectivity index (χ3n) is 8.93. The standard InChI is InChI=1S/C40H43N3O6.K/c1-47-36-16-8-7-15-35(36)42-24-22-41(23-25-42)20-10-26-48-38-27-31(18-19-37(38)49-29-30-11-3-2-4-12-30)40(46)33-28-43(21-9-17-39(44)45)34-14-6-5-13-32(33)34;/h2-8,11-16,18-19,27-28H,9-10,17,20-26,29H2,1H3,(H,44,45);/q;+1/p-1. The second-order valence-corrected chi connectivity index (χ2v) is 12.2. The Kier molecular flexibility index (Phi) is 14.0. The molecule has 0 unspecified atom stereocenters. The number of aliphatic carboxylic acids is 1. The summed E-state index contributed by atoms with van der Waals surface area (Å²) in [7, 11) is 1.71. The second kappa shape index (κ2) is 18.6. The van der Waals surface area contributed by atoms with Crippen LogP contribution in [0.2, 0.25) is 0 Å². The van der Waals surface area contributed by atoms with Crippen molar-refractivity contribution >= 4 is 28.3 Å². The van der Waals surface area contributed by atoms with Gasteiger partial charge in [0.1, 0.15) is 12.4 Å². The van der Waals surface area contributed by atoms with Crippen LogP contribution in [0.5, 0.6) is 17.2 Å². The number of hydrogen-bond donors (Lipinski definition) is 0. The van der Waals surface area contributed by atoms with Gasteiger partial charge in [-0.1, -0.05) is 60.7 Å². The summed E-state index contributed by atoms with van der Waals surface area (Å²) >= 11 is 0. The number of nitrogens with zero attached hydrogens (tertiary/aromatic N) is 3. The van der Waals surface area contributed by atoms with E-state index < -0.39 is 5.97 Å². The van der Waals surface area contributed by atoms with E-state index in [0.29, 0.717) is 48.8 Å². The molecule has 0 aliphatic carbocycles. The number of methoxy groups -OCH3 is 1. The number of anilines is 1. The van der Waals surface area contributed by atoms with Crippen molar-refractivity contribution in [3.63, 3.8) is 0 Å². The summed E-state index contributed by atoms with van der Waals surface area (Å²) in [4.78, 5) is 29.8. The number of carboxylic acid groups (broad SMARTS) is 1.